The van der Waals surface area contributed by atoms with E-state index in [1.54, 1.807) is 37.3 Å². The van der Waals surface area contributed by atoms with E-state index in [1.165, 1.54) is 12.0 Å². The molecule has 1 aliphatic heterocycles. The van der Waals surface area contributed by atoms with Gasteiger partial charge in [0.2, 0.25) is 5.91 Å². The maximum atomic E-state index is 13.5. The van der Waals surface area contributed by atoms with E-state index in [0.717, 1.165) is 0 Å². The number of carbonyl (C=O) groups excluding carboxylic acids is 3. The number of nitrogens with zero attached hydrogens (tertiary/aromatic N) is 1. The zero-order valence-corrected chi connectivity index (χ0v) is 16.4. The summed E-state index contributed by atoms with van der Waals surface area (Å²) in [7, 11) is 1.26. The third-order valence-electron chi connectivity index (χ3n) is 4.37. The van der Waals surface area contributed by atoms with Crippen molar-refractivity contribution in [3.05, 3.63) is 35.9 Å². The summed E-state index contributed by atoms with van der Waals surface area (Å²) < 4.78 is 15.7. The second kappa shape index (κ2) is 8.52. The molecule has 1 aromatic carbocycles. The number of rotatable bonds is 5. The molecule has 0 bridgehead atoms. The Bertz CT molecular complexity index is 681. The summed E-state index contributed by atoms with van der Waals surface area (Å²) in [6, 6.07) is 7.76. The van der Waals surface area contributed by atoms with Crippen LogP contribution in [0.25, 0.3) is 0 Å². The highest BCUT2D eigenvalue weighted by Gasteiger charge is 2.50. The van der Waals surface area contributed by atoms with Crippen LogP contribution in [-0.2, 0) is 28.6 Å². The highest BCUT2D eigenvalue weighted by molar-refractivity contribution is 6.04. The molecule has 0 aromatic heterocycles. The highest BCUT2D eigenvalue weighted by Crippen LogP contribution is 2.35. The molecular formula is C20H27NO6. The molecule has 0 radical (unpaired) electrons. The summed E-state index contributed by atoms with van der Waals surface area (Å²) in [5, 5.41) is 0. The molecule has 0 aliphatic carbocycles. The van der Waals surface area contributed by atoms with E-state index in [2.05, 4.69) is 0 Å². The fourth-order valence-electron chi connectivity index (χ4n) is 3.16. The predicted octanol–water partition coefficient (Wildman–Crippen LogP) is 2.11. The molecule has 1 aromatic rings. The van der Waals surface area contributed by atoms with E-state index in [1.807, 2.05) is 20.8 Å². The molecule has 1 heterocycles. The lowest BCUT2D eigenvalue weighted by Gasteiger charge is -2.36. The van der Waals surface area contributed by atoms with Gasteiger partial charge in [0.15, 0.2) is 12.0 Å². The van der Waals surface area contributed by atoms with Crippen molar-refractivity contribution in [3.8, 4) is 0 Å². The highest BCUT2D eigenvalue weighted by atomic mass is 16.6. The Morgan fingerprint density at radius 2 is 1.85 bits per heavy atom. The molecule has 0 spiro atoms. The van der Waals surface area contributed by atoms with Crippen molar-refractivity contribution in [2.75, 3.05) is 20.3 Å². The first-order chi connectivity index (χ1) is 12.7. The van der Waals surface area contributed by atoms with Gasteiger partial charge in [0.1, 0.15) is 6.23 Å². The van der Waals surface area contributed by atoms with Gasteiger partial charge in [0.05, 0.1) is 20.3 Å². The number of methoxy groups -OCH3 is 1. The van der Waals surface area contributed by atoms with Crippen molar-refractivity contribution >= 4 is 17.8 Å². The zero-order valence-electron chi connectivity index (χ0n) is 16.4. The number of hydrogen-bond acceptors (Lipinski definition) is 6. The van der Waals surface area contributed by atoms with Gasteiger partial charge in [0.25, 0.3) is 0 Å². The first kappa shape index (κ1) is 20.9. The maximum absolute atomic E-state index is 13.5. The van der Waals surface area contributed by atoms with Gasteiger partial charge in [-0.25, -0.2) is 4.79 Å². The number of hydrogen-bond donors (Lipinski definition) is 0. The number of carbonyl (C=O) groups is 3. The second-order valence-electron chi connectivity index (χ2n) is 7.43. The van der Waals surface area contributed by atoms with Crippen molar-refractivity contribution in [2.24, 2.45) is 5.41 Å². The van der Waals surface area contributed by atoms with Gasteiger partial charge in [-0.2, -0.15) is 0 Å². The van der Waals surface area contributed by atoms with Gasteiger partial charge >= 0.3 is 11.9 Å². The third kappa shape index (κ3) is 4.47. The Kier molecular flexibility index (Phi) is 6.59. The van der Waals surface area contributed by atoms with Crippen molar-refractivity contribution < 1.29 is 28.6 Å². The number of benzene rings is 1. The first-order valence-electron chi connectivity index (χ1n) is 8.95. The molecule has 27 heavy (non-hydrogen) atoms. The van der Waals surface area contributed by atoms with Gasteiger partial charge in [-0.05, 0) is 12.5 Å². The van der Waals surface area contributed by atoms with Crippen LogP contribution in [0.15, 0.2) is 30.3 Å². The minimum atomic E-state index is -1.18. The van der Waals surface area contributed by atoms with Crippen molar-refractivity contribution in [1.82, 2.24) is 4.90 Å². The molecule has 2 rings (SSSR count). The van der Waals surface area contributed by atoms with Crippen LogP contribution < -0.4 is 0 Å². The van der Waals surface area contributed by atoms with Crippen molar-refractivity contribution in [3.63, 3.8) is 0 Å². The summed E-state index contributed by atoms with van der Waals surface area (Å²) in [6.45, 7) is 7.55. The molecule has 148 valence electrons. The van der Waals surface area contributed by atoms with E-state index in [4.69, 9.17) is 14.2 Å². The molecule has 1 aliphatic rings. The SMILES string of the molecule is CCOC(=O)[C@@H](C(=O)N1[C@H](C(=O)OC)CO[C@@H]1C(C)(C)C)c1ccccc1. The number of ether oxygens (including phenoxy) is 3. The minimum absolute atomic E-state index is 0.0185. The smallest absolute Gasteiger partial charge is 0.331 e. The third-order valence-corrected chi connectivity index (χ3v) is 4.37. The van der Waals surface area contributed by atoms with Crippen LogP contribution in [0.5, 0.6) is 0 Å². The molecule has 3 atom stereocenters. The van der Waals surface area contributed by atoms with Crippen LogP contribution in [0.3, 0.4) is 0 Å². The fraction of sp³-hybridized carbons (Fsp3) is 0.550. The lowest BCUT2D eigenvalue weighted by Crippen LogP contribution is -2.53. The first-order valence-corrected chi connectivity index (χ1v) is 8.95. The van der Waals surface area contributed by atoms with Gasteiger partial charge in [0, 0.05) is 5.41 Å². The lowest BCUT2D eigenvalue weighted by atomic mass is 9.91. The van der Waals surface area contributed by atoms with E-state index >= 15 is 0 Å². The molecule has 7 nitrogen and oxygen atoms in total. The van der Waals surface area contributed by atoms with Crippen LogP contribution in [0.1, 0.15) is 39.2 Å². The predicted molar refractivity (Wildman–Crippen MR) is 97.7 cm³/mol. The van der Waals surface area contributed by atoms with Crippen LogP contribution in [0, 0.1) is 5.41 Å². The topological polar surface area (TPSA) is 82.1 Å². The maximum Gasteiger partial charge on any atom is 0.331 e. The van der Waals surface area contributed by atoms with Crippen LogP contribution >= 0.6 is 0 Å². The zero-order chi connectivity index (χ0) is 20.2. The van der Waals surface area contributed by atoms with Crippen molar-refractivity contribution in [2.45, 2.75) is 45.9 Å². The summed E-state index contributed by atoms with van der Waals surface area (Å²) in [5.41, 5.74) is 0.0399. The Labute approximate surface area is 159 Å². The van der Waals surface area contributed by atoms with E-state index in [-0.39, 0.29) is 13.2 Å². The standard InChI is InChI=1S/C20H27NO6/c1-6-26-18(24)15(13-10-8-7-9-11-13)16(22)21-14(17(23)25-5)12-27-19(21)20(2,3)4/h7-11,14-15,19H,6,12H2,1-5H3/t14-,15+,19+/m0/s1. The Hall–Kier alpha value is -2.41. The normalized spacial score (nSPS) is 20.9. The van der Waals surface area contributed by atoms with E-state index in [9.17, 15) is 14.4 Å². The van der Waals surface area contributed by atoms with E-state index < -0.39 is 41.4 Å². The van der Waals surface area contributed by atoms with E-state index in [0.29, 0.717) is 5.56 Å². The Morgan fingerprint density at radius 3 is 2.37 bits per heavy atom. The molecule has 7 heteroatoms. The molecule has 0 N–H and O–H groups in total. The lowest BCUT2D eigenvalue weighted by molar-refractivity contribution is -0.162. The Morgan fingerprint density at radius 1 is 1.22 bits per heavy atom. The van der Waals surface area contributed by atoms with Gasteiger partial charge in [-0.15, -0.1) is 0 Å². The summed E-state index contributed by atoms with van der Waals surface area (Å²) in [5.74, 6) is -2.94. The quantitative estimate of drug-likeness (QED) is 0.577. The van der Waals surface area contributed by atoms with Crippen LogP contribution in [-0.4, -0.2) is 55.3 Å². The number of esters is 2. The summed E-state index contributed by atoms with van der Waals surface area (Å²) in [6.07, 6.45) is -0.672. The monoisotopic (exact) mass is 377 g/mol. The average Bonchev–Trinajstić information content (AvgIpc) is 3.08. The minimum Gasteiger partial charge on any atom is -0.467 e. The molecule has 1 fully saturated rings. The molecule has 0 unspecified atom stereocenters. The summed E-state index contributed by atoms with van der Waals surface area (Å²) >= 11 is 0. The Balaban J connectivity index is 2.48. The summed E-state index contributed by atoms with van der Waals surface area (Å²) in [4.78, 5) is 39.7. The van der Waals surface area contributed by atoms with Crippen LogP contribution in [0.4, 0.5) is 0 Å². The van der Waals surface area contributed by atoms with Crippen molar-refractivity contribution in [1.29, 1.82) is 0 Å². The largest absolute Gasteiger partial charge is 0.467 e. The van der Waals surface area contributed by atoms with Gasteiger partial charge < -0.3 is 14.2 Å². The van der Waals surface area contributed by atoms with Gasteiger partial charge in [-0.1, -0.05) is 51.1 Å². The van der Waals surface area contributed by atoms with Crippen LogP contribution in [0.2, 0.25) is 0 Å². The molecule has 1 saturated heterocycles. The average molecular weight is 377 g/mol. The van der Waals surface area contributed by atoms with Gasteiger partial charge in [-0.3, -0.25) is 14.5 Å². The second-order valence-corrected chi connectivity index (χ2v) is 7.43. The molecule has 0 saturated carbocycles. The molecular weight excluding hydrogens is 350 g/mol. The number of amides is 1. The fourth-order valence-corrected chi connectivity index (χ4v) is 3.16. The molecule has 1 amide bonds.